The summed E-state index contributed by atoms with van der Waals surface area (Å²) in [6.07, 6.45) is 0. The van der Waals surface area contributed by atoms with Crippen LogP contribution in [0.15, 0.2) is 48.5 Å². The maximum Gasteiger partial charge on any atom is 0.319 e. The average Bonchev–Trinajstić information content (AvgIpc) is 2.58. The number of aliphatic hydroxyl groups is 1. The van der Waals surface area contributed by atoms with E-state index in [1.807, 2.05) is 54.2 Å². The van der Waals surface area contributed by atoms with E-state index in [1.54, 1.807) is 0 Å². The maximum atomic E-state index is 12.0. The van der Waals surface area contributed by atoms with E-state index in [4.69, 9.17) is 0 Å². The number of rotatable bonds is 7. The van der Waals surface area contributed by atoms with Crippen LogP contribution in [0.1, 0.15) is 23.6 Å². The van der Waals surface area contributed by atoms with E-state index < -0.39 is 0 Å². The second-order valence-corrected chi connectivity index (χ2v) is 6.35. The van der Waals surface area contributed by atoms with Crippen molar-refractivity contribution in [3.05, 3.63) is 65.2 Å². The molecule has 2 rings (SSSR count). The third-order valence-corrected chi connectivity index (χ3v) is 4.33. The Balaban J connectivity index is 1.89. The van der Waals surface area contributed by atoms with Crippen molar-refractivity contribution in [2.75, 3.05) is 11.1 Å². The molecule has 0 aliphatic carbocycles. The molecule has 5 heteroatoms. The number of amides is 2. The minimum Gasteiger partial charge on any atom is -0.392 e. The molecule has 0 unspecified atom stereocenters. The number of hydrogen-bond acceptors (Lipinski definition) is 3. The lowest BCUT2D eigenvalue weighted by Crippen LogP contribution is -2.28. The lowest BCUT2D eigenvalue weighted by molar-refractivity contribution is 0.251. The summed E-state index contributed by atoms with van der Waals surface area (Å²) in [5, 5.41) is 15.0. The van der Waals surface area contributed by atoms with E-state index in [2.05, 4.69) is 23.6 Å². The molecule has 2 aromatic rings. The highest BCUT2D eigenvalue weighted by molar-refractivity contribution is 7.98. The van der Waals surface area contributed by atoms with Gasteiger partial charge < -0.3 is 15.7 Å². The molecule has 0 aliphatic heterocycles. The number of benzene rings is 2. The van der Waals surface area contributed by atoms with Gasteiger partial charge in [0.1, 0.15) is 0 Å². The number of thioether (sulfide) groups is 1. The first-order valence-corrected chi connectivity index (χ1v) is 8.77. The molecule has 3 N–H and O–H groups in total. The summed E-state index contributed by atoms with van der Waals surface area (Å²) in [6, 6.07) is 15.1. The quantitative estimate of drug-likeness (QED) is 0.724. The molecule has 0 bridgehead atoms. The Morgan fingerprint density at radius 2 is 1.91 bits per heavy atom. The smallest absolute Gasteiger partial charge is 0.319 e. The van der Waals surface area contributed by atoms with Gasteiger partial charge in [-0.2, -0.15) is 11.8 Å². The first kappa shape index (κ1) is 17.4. The van der Waals surface area contributed by atoms with E-state index in [0.717, 1.165) is 28.3 Å². The van der Waals surface area contributed by atoms with Crippen LogP contribution >= 0.6 is 11.8 Å². The minimum atomic E-state index is -0.252. The van der Waals surface area contributed by atoms with Crippen molar-refractivity contribution in [1.29, 1.82) is 0 Å². The van der Waals surface area contributed by atoms with Crippen LogP contribution in [0.4, 0.5) is 10.5 Å². The highest BCUT2D eigenvalue weighted by atomic mass is 32.2. The van der Waals surface area contributed by atoms with Gasteiger partial charge in [0.25, 0.3) is 0 Å². The molecule has 0 radical (unpaired) electrons. The maximum absolute atomic E-state index is 12.0. The van der Waals surface area contributed by atoms with Crippen LogP contribution in [-0.4, -0.2) is 16.9 Å². The Morgan fingerprint density at radius 3 is 2.65 bits per heavy atom. The first-order chi connectivity index (χ1) is 11.2. The molecule has 0 fully saturated rings. The Hall–Kier alpha value is -1.98. The monoisotopic (exact) mass is 330 g/mol. The van der Waals surface area contributed by atoms with Crippen molar-refractivity contribution in [2.24, 2.45) is 0 Å². The summed E-state index contributed by atoms with van der Waals surface area (Å²) in [5.74, 6) is 2.01. The normalized spacial score (nSPS) is 10.3. The van der Waals surface area contributed by atoms with Crippen LogP contribution in [0.2, 0.25) is 0 Å². The molecule has 0 saturated carbocycles. The van der Waals surface area contributed by atoms with Crippen LogP contribution in [0.25, 0.3) is 0 Å². The van der Waals surface area contributed by atoms with Crippen molar-refractivity contribution in [3.8, 4) is 0 Å². The topological polar surface area (TPSA) is 61.4 Å². The van der Waals surface area contributed by atoms with Crippen LogP contribution < -0.4 is 10.6 Å². The molecule has 0 saturated heterocycles. The molecule has 0 aromatic heterocycles. The summed E-state index contributed by atoms with van der Waals surface area (Å²) < 4.78 is 0. The number of anilines is 1. The van der Waals surface area contributed by atoms with Gasteiger partial charge in [-0.25, -0.2) is 4.79 Å². The van der Waals surface area contributed by atoms with Crippen LogP contribution in [0, 0.1) is 0 Å². The Morgan fingerprint density at radius 1 is 1.13 bits per heavy atom. The number of carbonyl (C=O) groups excluding carboxylic acids is 1. The first-order valence-electron chi connectivity index (χ1n) is 7.62. The van der Waals surface area contributed by atoms with Crippen molar-refractivity contribution >= 4 is 23.5 Å². The molecule has 4 nitrogen and oxygen atoms in total. The van der Waals surface area contributed by atoms with Crippen LogP contribution in [0.5, 0.6) is 0 Å². The Labute approximate surface area is 141 Å². The second kappa shape index (κ2) is 9.22. The fourth-order valence-corrected chi connectivity index (χ4v) is 2.81. The molecule has 0 heterocycles. The predicted octanol–water partition coefficient (Wildman–Crippen LogP) is 3.75. The second-order valence-electron chi connectivity index (χ2n) is 5.07. The Bertz CT molecular complexity index is 646. The minimum absolute atomic E-state index is 0.0311. The average molecular weight is 330 g/mol. The van der Waals surface area contributed by atoms with Gasteiger partial charge in [0.2, 0.25) is 0 Å². The van der Waals surface area contributed by atoms with Gasteiger partial charge >= 0.3 is 6.03 Å². The molecule has 2 aromatic carbocycles. The molecule has 23 heavy (non-hydrogen) atoms. The molecule has 0 atom stereocenters. The number of carbonyl (C=O) groups is 1. The third kappa shape index (κ3) is 5.62. The molecule has 122 valence electrons. The van der Waals surface area contributed by atoms with E-state index in [9.17, 15) is 9.90 Å². The largest absolute Gasteiger partial charge is 0.392 e. The highest BCUT2D eigenvalue weighted by Gasteiger charge is 2.05. The number of urea groups is 1. The van der Waals surface area contributed by atoms with Crippen molar-refractivity contribution < 1.29 is 9.90 Å². The summed E-state index contributed by atoms with van der Waals surface area (Å²) in [6.45, 7) is 2.48. The van der Waals surface area contributed by atoms with E-state index in [1.165, 1.54) is 5.56 Å². The number of nitrogens with one attached hydrogen (secondary N) is 2. The van der Waals surface area contributed by atoms with Crippen LogP contribution in [-0.2, 0) is 18.9 Å². The molecular weight excluding hydrogens is 308 g/mol. The Kier molecular flexibility index (Phi) is 6.97. The van der Waals surface area contributed by atoms with Gasteiger partial charge in [-0.3, -0.25) is 0 Å². The SMILES string of the molecule is CCSCc1cccc(NC(=O)NCc2ccccc2CO)c1. The lowest BCUT2D eigenvalue weighted by Gasteiger charge is -2.11. The van der Waals surface area contributed by atoms with Gasteiger partial charge in [-0.05, 0) is 34.6 Å². The van der Waals surface area contributed by atoms with Gasteiger partial charge in [0.05, 0.1) is 6.61 Å². The fraction of sp³-hybridized carbons (Fsp3) is 0.278. The molecule has 0 aliphatic rings. The zero-order valence-corrected chi connectivity index (χ0v) is 14.0. The van der Waals surface area contributed by atoms with Gasteiger partial charge in [0, 0.05) is 18.0 Å². The summed E-state index contributed by atoms with van der Waals surface area (Å²) in [5.41, 5.74) is 3.72. The van der Waals surface area contributed by atoms with Crippen molar-refractivity contribution in [1.82, 2.24) is 5.32 Å². The predicted molar refractivity (Wildman–Crippen MR) is 96.5 cm³/mol. The summed E-state index contributed by atoms with van der Waals surface area (Å²) >= 11 is 1.85. The van der Waals surface area contributed by atoms with Gasteiger partial charge in [-0.1, -0.05) is 43.3 Å². The lowest BCUT2D eigenvalue weighted by atomic mass is 10.1. The number of aliphatic hydroxyl groups excluding tert-OH is 1. The number of hydrogen-bond donors (Lipinski definition) is 3. The standard InChI is InChI=1S/C18H22N2O2S/c1-2-23-13-14-6-5-9-17(10-14)20-18(22)19-11-15-7-3-4-8-16(15)12-21/h3-10,21H,2,11-13H2,1H3,(H2,19,20,22). The van der Waals surface area contributed by atoms with Crippen LogP contribution in [0.3, 0.4) is 0 Å². The van der Waals surface area contributed by atoms with E-state index >= 15 is 0 Å². The van der Waals surface area contributed by atoms with Gasteiger partial charge in [-0.15, -0.1) is 0 Å². The van der Waals surface area contributed by atoms with Gasteiger partial charge in [0.15, 0.2) is 0 Å². The van der Waals surface area contributed by atoms with Crippen molar-refractivity contribution in [2.45, 2.75) is 25.8 Å². The fourth-order valence-electron chi connectivity index (χ4n) is 2.19. The molecule has 2 amide bonds. The molecule has 0 spiro atoms. The zero-order valence-electron chi connectivity index (χ0n) is 13.2. The zero-order chi connectivity index (χ0) is 16.5. The molecular formula is C18H22N2O2S. The summed E-state index contributed by atoms with van der Waals surface area (Å²) in [7, 11) is 0. The summed E-state index contributed by atoms with van der Waals surface area (Å²) in [4.78, 5) is 12.0. The third-order valence-electron chi connectivity index (χ3n) is 3.39. The highest BCUT2D eigenvalue weighted by Crippen LogP contribution is 2.16. The van der Waals surface area contributed by atoms with E-state index in [-0.39, 0.29) is 12.6 Å². The van der Waals surface area contributed by atoms with Crippen molar-refractivity contribution in [3.63, 3.8) is 0 Å². The van der Waals surface area contributed by atoms with E-state index in [0.29, 0.717) is 6.54 Å².